The zero-order valence-electron chi connectivity index (χ0n) is 18.8. The van der Waals surface area contributed by atoms with Crippen LogP contribution in [0.2, 0.25) is 0 Å². The molecule has 0 saturated heterocycles. The number of hydrogen-bond acceptors (Lipinski definition) is 5. The normalized spacial score (nSPS) is 15.5. The summed E-state index contributed by atoms with van der Waals surface area (Å²) < 4.78 is 11.4. The van der Waals surface area contributed by atoms with Crippen LogP contribution < -0.4 is 9.47 Å². The zero-order chi connectivity index (χ0) is 22.4. The van der Waals surface area contributed by atoms with Crippen molar-refractivity contribution in [2.75, 3.05) is 33.4 Å². The number of benzene rings is 1. The van der Waals surface area contributed by atoms with Gasteiger partial charge in [-0.25, -0.2) is 0 Å². The first-order valence-electron chi connectivity index (χ1n) is 10.8. The number of amides is 2. The lowest BCUT2D eigenvalue weighted by Crippen LogP contribution is -2.48. The van der Waals surface area contributed by atoms with E-state index in [1.807, 2.05) is 36.1 Å². The molecule has 1 aliphatic heterocycles. The monoisotopic (exact) mass is 444 g/mol. The van der Waals surface area contributed by atoms with Crippen LogP contribution in [-0.2, 0) is 16.0 Å². The molecule has 31 heavy (non-hydrogen) atoms. The Hall–Kier alpha value is -2.54. The molecule has 2 aromatic rings. The first kappa shape index (κ1) is 23.1. The molecule has 168 valence electrons. The van der Waals surface area contributed by atoms with Gasteiger partial charge in [0.15, 0.2) is 0 Å². The Labute approximate surface area is 188 Å². The Morgan fingerprint density at radius 3 is 2.74 bits per heavy atom. The Morgan fingerprint density at radius 2 is 2.03 bits per heavy atom. The van der Waals surface area contributed by atoms with Gasteiger partial charge in [0.25, 0.3) is 0 Å². The molecule has 0 N–H and O–H groups in total. The minimum Gasteiger partial charge on any atom is -0.497 e. The fraction of sp³-hybridized carbons (Fsp3) is 0.500. The largest absolute Gasteiger partial charge is 0.497 e. The maximum Gasteiger partial charge on any atom is 0.242 e. The van der Waals surface area contributed by atoms with Crippen molar-refractivity contribution in [2.24, 2.45) is 5.92 Å². The van der Waals surface area contributed by atoms with Gasteiger partial charge in [0, 0.05) is 30.5 Å². The first-order chi connectivity index (χ1) is 14.9. The number of thiophene rings is 1. The third-order valence-corrected chi connectivity index (χ3v) is 6.43. The van der Waals surface area contributed by atoms with E-state index in [1.54, 1.807) is 23.3 Å². The molecule has 2 amide bonds. The molecular weight excluding hydrogens is 412 g/mol. The zero-order valence-corrected chi connectivity index (χ0v) is 19.6. The number of carbonyl (C=O) groups excluding carboxylic acids is 2. The highest BCUT2D eigenvalue weighted by Gasteiger charge is 2.33. The van der Waals surface area contributed by atoms with Crippen molar-refractivity contribution in [1.29, 1.82) is 0 Å². The van der Waals surface area contributed by atoms with Crippen LogP contribution >= 0.6 is 11.3 Å². The molecule has 1 atom stereocenters. The van der Waals surface area contributed by atoms with Crippen LogP contribution in [0.3, 0.4) is 0 Å². The van der Waals surface area contributed by atoms with Crippen molar-refractivity contribution < 1.29 is 19.1 Å². The van der Waals surface area contributed by atoms with Gasteiger partial charge >= 0.3 is 0 Å². The van der Waals surface area contributed by atoms with Crippen molar-refractivity contribution in [3.8, 4) is 11.5 Å². The van der Waals surface area contributed by atoms with E-state index >= 15 is 0 Å². The average molecular weight is 445 g/mol. The molecule has 7 heteroatoms. The highest BCUT2D eigenvalue weighted by atomic mass is 32.1. The van der Waals surface area contributed by atoms with Crippen molar-refractivity contribution in [3.63, 3.8) is 0 Å². The molecule has 1 aliphatic rings. The van der Waals surface area contributed by atoms with E-state index in [0.717, 1.165) is 17.7 Å². The van der Waals surface area contributed by atoms with E-state index in [2.05, 4.69) is 25.3 Å². The lowest BCUT2D eigenvalue weighted by molar-refractivity contribution is -0.143. The molecule has 0 fully saturated rings. The molecule has 3 rings (SSSR count). The van der Waals surface area contributed by atoms with Crippen molar-refractivity contribution in [2.45, 2.75) is 39.7 Å². The second kappa shape index (κ2) is 10.7. The Bertz CT molecular complexity index is 895. The Kier molecular flexibility index (Phi) is 7.96. The van der Waals surface area contributed by atoms with Gasteiger partial charge in [-0.05, 0) is 41.5 Å². The van der Waals surface area contributed by atoms with Gasteiger partial charge in [-0.1, -0.05) is 26.8 Å². The van der Waals surface area contributed by atoms with Gasteiger partial charge in [0.1, 0.15) is 18.1 Å². The summed E-state index contributed by atoms with van der Waals surface area (Å²) in [6.45, 7) is 7.64. The van der Waals surface area contributed by atoms with E-state index in [1.165, 1.54) is 4.88 Å². The molecular formula is C24H32N2O4S. The summed E-state index contributed by atoms with van der Waals surface area (Å²) >= 11 is 1.72. The summed E-state index contributed by atoms with van der Waals surface area (Å²) in [6, 6.07) is 9.39. The molecule has 1 aromatic carbocycles. The number of hydrogen-bond donors (Lipinski definition) is 0. The lowest BCUT2D eigenvalue weighted by atomic mass is 10.00. The Balaban J connectivity index is 1.77. The molecule has 0 aliphatic carbocycles. The number of rotatable bonds is 9. The van der Waals surface area contributed by atoms with Crippen molar-refractivity contribution in [3.05, 3.63) is 46.2 Å². The highest BCUT2D eigenvalue weighted by molar-refractivity contribution is 7.10. The fourth-order valence-corrected chi connectivity index (χ4v) is 4.84. The van der Waals surface area contributed by atoms with E-state index < -0.39 is 0 Å². The number of fused-ring (bicyclic) bond motifs is 1. The predicted octanol–water partition coefficient (Wildman–Crippen LogP) is 4.16. The van der Waals surface area contributed by atoms with Gasteiger partial charge in [-0.2, -0.15) is 0 Å². The smallest absolute Gasteiger partial charge is 0.242 e. The summed E-state index contributed by atoms with van der Waals surface area (Å²) in [6.07, 6.45) is 1.23. The minimum atomic E-state index is -0.175. The number of nitrogens with zero attached hydrogens (tertiary/aromatic N) is 2. The molecule has 1 aromatic heterocycles. The molecule has 0 saturated carbocycles. The molecule has 0 spiro atoms. The van der Waals surface area contributed by atoms with E-state index in [-0.39, 0.29) is 24.4 Å². The molecule has 0 radical (unpaired) electrons. The standard InChI is InChI=1S/C24H32N2O4S/c1-5-23(27)25(14-17(2)3)15-24(28)26-11-9-22-20(10-12-31-22)21(26)16-30-19-8-6-7-18(13-19)29-4/h6-8,10,12-13,17,21H,5,9,11,14-16H2,1-4H3/t21-/m0/s1. The van der Waals surface area contributed by atoms with E-state index in [9.17, 15) is 9.59 Å². The minimum absolute atomic E-state index is 0.0134. The van der Waals surface area contributed by atoms with Crippen LogP contribution in [0.15, 0.2) is 35.7 Å². The summed E-state index contributed by atoms with van der Waals surface area (Å²) in [5.41, 5.74) is 1.14. The number of methoxy groups -OCH3 is 1. The number of carbonyl (C=O) groups is 2. The van der Waals surface area contributed by atoms with Gasteiger partial charge in [0.05, 0.1) is 19.7 Å². The van der Waals surface area contributed by atoms with Crippen LogP contribution in [-0.4, -0.2) is 55.0 Å². The van der Waals surface area contributed by atoms with E-state index in [0.29, 0.717) is 37.8 Å². The van der Waals surface area contributed by atoms with Gasteiger partial charge in [0.2, 0.25) is 11.8 Å². The molecule has 2 heterocycles. The Morgan fingerprint density at radius 1 is 1.26 bits per heavy atom. The molecule has 0 bridgehead atoms. The quantitative estimate of drug-likeness (QED) is 0.583. The lowest BCUT2D eigenvalue weighted by Gasteiger charge is -2.37. The van der Waals surface area contributed by atoms with Crippen molar-refractivity contribution in [1.82, 2.24) is 9.80 Å². The van der Waals surface area contributed by atoms with Crippen LogP contribution in [0.5, 0.6) is 11.5 Å². The van der Waals surface area contributed by atoms with Crippen molar-refractivity contribution >= 4 is 23.2 Å². The van der Waals surface area contributed by atoms with Crippen LogP contribution in [0.4, 0.5) is 0 Å². The third kappa shape index (κ3) is 5.79. The number of ether oxygens (including phenoxy) is 2. The van der Waals surface area contributed by atoms with Gasteiger partial charge < -0.3 is 19.3 Å². The van der Waals surface area contributed by atoms with Gasteiger partial charge in [-0.15, -0.1) is 11.3 Å². The molecule has 6 nitrogen and oxygen atoms in total. The summed E-state index contributed by atoms with van der Waals surface area (Å²) in [7, 11) is 1.62. The predicted molar refractivity (Wildman–Crippen MR) is 123 cm³/mol. The SMILES string of the molecule is CCC(=O)N(CC(=O)N1CCc2sccc2[C@@H]1COc1cccc(OC)c1)CC(C)C. The first-order valence-corrected chi connectivity index (χ1v) is 11.7. The molecule has 0 unspecified atom stereocenters. The second-order valence-electron chi connectivity index (χ2n) is 8.16. The van der Waals surface area contributed by atoms with Crippen LogP contribution in [0, 0.1) is 5.92 Å². The summed E-state index contributed by atoms with van der Waals surface area (Å²) in [4.78, 5) is 30.6. The second-order valence-corrected chi connectivity index (χ2v) is 9.16. The van der Waals surface area contributed by atoms with E-state index in [4.69, 9.17) is 9.47 Å². The fourth-order valence-electron chi connectivity index (χ4n) is 3.91. The summed E-state index contributed by atoms with van der Waals surface area (Å²) in [5.74, 6) is 1.72. The average Bonchev–Trinajstić information content (AvgIpc) is 3.25. The summed E-state index contributed by atoms with van der Waals surface area (Å²) in [5, 5.41) is 2.07. The topological polar surface area (TPSA) is 59.1 Å². The highest BCUT2D eigenvalue weighted by Crippen LogP contribution is 2.34. The van der Waals surface area contributed by atoms with Gasteiger partial charge in [-0.3, -0.25) is 9.59 Å². The van der Waals surface area contributed by atoms with Crippen LogP contribution in [0.25, 0.3) is 0 Å². The van der Waals surface area contributed by atoms with Crippen LogP contribution in [0.1, 0.15) is 43.7 Å². The third-order valence-electron chi connectivity index (χ3n) is 5.43. The maximum atomic E-state index is 13.3. The maximum absolute atomic E-state index is 13.3.